The number of aromatic nitrogens is 2. The molecule has 0 saturated carbocycles. The topological polar surface area (TPSA) is 43.0 Å². The summed E-state index contributed by atoms with van der Waals surface area (Å²) >= 11 is 0. The second-order valence-electron chi connectivity index (χ2n) is 7.43. The first-order chi connectivity index (χ1) is 14.7. The van der Waals surface area contributed by atoms with Crippen molar-refractivity contribution >= 4 is 21.8 Å². The second-order valence-corrected chi connectivity index (χ2v) is 7.43. The van der Waals surface area contributed by atoms with Crippen molar-refractivity contribution in [3.05, 3.63) is 118 Å². The van der Waals surface area contributed by atoms with Crippen molar-refractivity contribution in [1.29, 1.82) is 0 Å². The van der Waals surface area contributed by atoms with Crippen molar-refractivity contribution in [2.24, 2.45) is 0 Å². The fourth-order valence-corrected chi connectivity index (χ4v) is 4.25. The Morgan fingerprint density at radius 2 is 0.867 bits per heavy atom. The molecule has 4 aromatic carbocycles. The van der Waals surface area contributed by atoms with Gasteiger partial charge in [0.25, 0.3) is 11.1 Å². The maximum absolute atomic E-state index is 13.2. The molecule has 0 spiro atoms. The fourth-order valence-electron chi connectivity index (χ4n) is 4.25. The van der Waals surface area contributed by atoms with Crippen molar-refractivity contribution in [1.82, 2.24) is 9.03 Å². The Kier molecular flexibility index (Phi) is 3.44. The highest BCUT2D eigenvalue weighted by Gasteiger charge is 2.18. The smallest absolute Gasteiger partial charge is 0.267 e. The van der Waals surface area contributed by atoms with Gasteiger partial charge in [0.2, 0.25) is 0 Å². The van der Waals surface area contributed by atoms with Gasteiger partial charge in [-0.25, -0.2) is 4.52 Å². The standard InChI is InChI=1S/C26H16N2O2/c29-25-21-15-19(17-7-3-1-4-8-17)11-13-23(21)27-24-14-12-20(18-9-5-2-6-10-18)16-22(24)26(30)28(25)27/h1-16H. The SMILES string of the molecule is O=c1c2cc(-c3ccccc3)ccc2n2c3ccc(-c4ccccc4)cc3c(=O)n12. The van der Waals surface area contributed by atoms with E-state index in [1.54, 1.807) is 4.52 Å². The molecule has 2 heterocycles. The molecule has 0 aliphatic heterocycles. The minimum atomic E-state index is -0.287. The van der Waals surface area contributed by atoms with Crippen LogP contribution in [0.4, 0.5) is 0 Å². The zero-order valence-electron chi connectivity index (χ0n) is 15.9. The van der Waals surface area contributed by atoms with Crippen molar-refractivity contribution < 1.29 is 0 Å². The van der Waals surface area contributed by atoms with Gasteiger partial charge in [-0.3, -0.25) is 9.59 Å². The summed E-state index contributed by atoms with van der Waals surface area (Å²) in [5.41, 5.74) is 4.88. The third-order valence-corrected chi connectivity index (χ3v) is 5.71. The lowest BCUT2D eigenvalue weighted by atomic mass is 10.0. The summed E-state index contributed by atoms with van der Waals surface area (Å²) in [6.45, 7) is 0. The molecule has 0 N–H and O–H groups in total. The molecule has 0 radical (unpaired) electrons. The molecule has 6 aromatic rings. The lowest BCUT2D eigenvalue weighted by Crippen LogP contribution is -2.21. The molecule has 0 atom stereocenters. The summed E-state index contributed by atoms with van der Waals surface area (Å²) < 4.78 is 2.98. The minimum Gasteiger partial charge on any atom is -0.267 e. The molecule has 0 bridgehead atoms. The minimum absolute atomic E-state index is 0.287. The molecule has 0 fully saturated rings. The second kappa shape index (κ2) is 6.16. The Morgan fingerprint density at radius 3 is 1.30 bits per heavy atom. The quantitative estimate of drug-likeness (QED) is 0.426. The van der Waals surface area contributed by atoms with Crippen molar-refractivity contribution in [3.8, 4) is 22.3 Å². The van der Waals surface area contributed by atoms with Gasteiger partial charge in [-0.05, 0) is 46.5 Å². The molecule has 142 valence electrons. The molecule has 30 heavy (non-hydrogen) atoms. The number of nitrogens with zero attached hydrogens (tertiary/aromatic N) is 2. The molecular formula is C26H16N2O2. The van der Waals surface area contributed by atoms with Crippen LogP contribution in [0.5, 0.6) is 0 Å². The number of benzene rings is 4. The van der Waals surface area contributed by atoms with Gasteiger partial charge >= 0.3 is 0 Å². The van der Waals surface area contributed by atoms with E-state index in [1.165, 1.54) is 4.52 Å². The zero-order valence-corrected chi connectivity index (χ0v) is 15.9. The summed E-state index contributed by atoms with van der Waals surface area (Å²) in [5.74, 6) is 0. The zero-order chi connectivity index (χ0) is 20.2. The first-order valence-corrected chi connectivity index (χ1v) is 9.80. The van der Waals surface area contributed by atoms with Gasteiger partial charge in [0.05, 0.1) is 21.8 Å². The predicted octanol–water partition coefficient (Wildman–Crippen LogP) is 4.84. The summed E-state index contributed by atoms with van der Waals surface area (Å²) in [6.07, 6.45) is 0. The molecule has 0 amide bonds. The van der Waals surface area contributed by atoms with Gasteiger partial charge in [-0.2, -0.15) is 4.52 Å². The van der Waals surface area contributed by atoms with Gasteiger partial charge < -0.3 is 0 Å². The van der Waals surface area contributed by atoms with Crippen LogP contribution in [-0.4, -0.2) is 9.03 Å². The van der Waals surface area contributed by atoms with E-state index in [4.69, 9.17) is 0 Å². The average molecular weight is 388 g/mol. The Balaban J connectivity index is 1.65. The van der Waals surface area contributed by atoms with Crippen molar-refractivity contribution in [2.45, 2.75) is 0 Å². The Morgan fingerprint density at radius 1 is 0.433 bits per heavy atom. The Labute approximate surface area is 171 Å². The largest absolute Gasteiger partial charge is 0.282 e. The van der Waals surface area contributed by atoms with Gasteiger partial charge in [-0.15, -0.1) is 0 Å². The van der Waals surface area contributed by atoms with Gasteiger partial charge in [0, 0.05) is 0 Å². The molecule has 4 heteroatoms. The molecular weight excluding hydrogens is 372 g/mol. The van der Waals surface area contributed by atoms with Crippen molar-refractivity contribution in [3.63, 3.8) is 0 Å². The van der Waals surface area contributed by atoms with Crippen LogP contribution in [0.3, 0.4) is 0 Å². The Hall–Kier alpha value is -4.18. The normalized spacial score (nSPS) is 11.6. The van der Waals surface area contributed by atoms with E-state index >= 15 is 0 Å². The molecule has 0 aliphatic carbocycles. The first-order valence-electron chi connectivity index (χ1n) is 9.80. The van der Waals surface area contributed by atoms with Crippen LogP contribution in [0, 0.1) is 0 Å². The van der Waals surface area contributed by atoms with Crippen LogP contribution >= 0.6 is 0 Å². The summed E-state index contributed by atoms with van der Waals surface area (Å²) in [5, 5.41) is 1.09. The van der Waals surface area contributed by atoms with Crippen LogP contribution in [0.25, 0.3) is 44.1 Å². The summed E-state index contributed by atoms with van der Waals surface area (Å²) in [7, 11) is 0. The first kappa shape index (κ1) is 16.7. The number of rotatable bonds is 2. The molecule has 0 aliphatic rings. The van der Waals surface area contributed by atoms with Crippen LogP contribution in [0.15, 0.2) is 107 Å². The van der Waals surface area contributed by atoms with E-state index in [0.29, 0.717) is 10.8 Å². The average Bonchev–Trinajstić information content (AvgIpc) is 3.27. The summed E-state index contributed by atoms with van der Waals surface area (Å²) in [6, 6.07) is 31.4. The molecule has 6 rings (SSSR count). The van der Waals surface area contributed by atoms with Crippen molar-refractivity contribution in [2.75, 3.05) is 0 Å². The molecule has 0 saturated heterocycles. The van der Waals surface area contributed by atoms with Gasteiger partial charge in [0.1, 0.15) is 0 Å². The Bertz CT molecular complexity index is 1540. The fraction of sp³-hybridized carbons (Fsp3) is 0. The van der Waals surface area contributed by atoms with Crippen LogP contribution in [0.2, 0.25) is 0 Å². The molecule has 2 aromatic heterocycles. The van der Waals surface area contributed by atoms with Crippen LogP contribution < -0.4 is 11.1 Å². The van der Waals surface area contributed by atoms with E-state index in [1.807, 2.05) is 97.1 Å². The lowest BCUT2D eigenvalue weighted by Gasteiger charge is -2.03. The van der Waals surface area contributed by atoms with Gasteiger partial charge in [0.15, 0.2) is 0 Å². The third kappa shape index (κ3) is 2.28. The number of hydrogen-bond donors (Lipinski definition) is 0. The highest BCUT2D eigenvalue weighted by atomic mass is 16.2. The van der Waals surface area contributed by atoms with E-state index in [0.717, 1.165) is 33.3 Å². The van der Waals surface area contributed by atoms with E-state index in [2.05, 4.69) is 0 Å². The molecule has 4 nitrogen and oxygen atoms in total. The number of fused-ring (bicyclic) bond motifs is 5. The monoisotopic (exact) mass is 388 g/mol. The number of hydrogen-bond acceptors (Lipinski definition) is 2. The van der Waals surface area contributed by atoms with Gasteiger partial charge in [-0.1, -0.05) is 72.8 Å². The van der Waals surface area contributed by atoms with E-state index in [9.17, 15) is 9.59 Å². The lowest BCUT2D eigenvalue weighted by molar-refractivity contribution is 0.841. The van der Waals surface area contributed by atoms with Crippen LogP contribution in [0.1, 0.15) is 0 Å². The predicted molar refractivity (Wildman–Crippen MR) is 120 cm³/mol. The maximum atomic E-state index is 13.2. The highest BCUT2D eigenvalue weighted by molar-refractivity contribution is 5.91. The van der Waals surface area contributed by atoms with E-state index in [-0.39, 0.29) is 11.1 Å². The summed E-state index contributed by atoms with van der Waals surface area (Å²) in [4.78, 5) is 26.3. The van der Waals surface area contributed by atoms with Crippen LogP contribution in [-0.2, 0) is 0 Å². The third-order valence-electron chi connectivity index (χ3n) is 5.71. The highest BCUT2D eigenvalue weighted by Crippen LogP contribution is 2.26. The van der Waals surface area contributed by atoms with E-state index < -0.39 is 0 Å². The molecule has 0 unspecified atom stereocenters. The maximum Gasteiger partial charge on any atom is 0.282 e.